The molecule has 0 aliphatic rings. The van der Waals surface area contributed by atoms with Gasteiger partial charge in [-0.1, -0.05) is 51.3 Å². The van der Waals surface area contributed by atoms with Crippen LogP contribution < -0.4 is 10.2 Å². The highest BCUT2D eigenvalue weighted by Crippen LogP contribution is 2.27. The summed E-state index contributed by atoms with van der Waals surface area (Å²) >= 11 is 15.2. The molecule has 0 saturated heterocycles. The number of hydrogen-bond donors (Lipinski definition) is 1. The molecule has 3 rings (SSSR count). The van der Waals surface area contributed by atoms with Crippen LogP contribution in [0.2, 0.25) is 10.0 Å². The number of hydrazone groups is 1. The van der Waals surface area contributed by atoms with E-state index >= 15 is 0 Å². The third kappa shape index (κ3) is 5.60. The Morgan fingerprint density at radius 2 is 2.04 bits per heavy atom. The number of halogens is 3. The second kappa shape index (κ2) is 9.08. The molecule has 138 valence electrons. The summed E-state index contributed by atoms with van der Waals surface area (Å²) in [5, 5.41) is 4.67. The van der Waals surface area contributed by atoms with E-state index in [-0.39, 0.29) is 6.61 Å². The number of amides is 1. The summed E-state index contributed by atoms with van der Waals surface area (Å²) in [6.07, 6.45) is 1.41. The van der Waals surface area contributed by atoms with Crippen molar-refractivity contribution >= 4 is 51.3 Å². The number of carbonyl (C=O) groups excluding carboxylic acids is 1. The summed E-state index contributed by atoms with van der Waals surface area (Å²) in [5.74, 6) is 1.14. The predicted molar refractivity (Wildman–Crippen MR) is 110 cm³/mol. The zero-order valence-electron chi connectivity index (χ0n) is 13.8. The van der Waals surface area contributed by atoms with Gasteiger partial charge in [0, 0.05) is 15.1 Å². The Labute approximate surface area is 174 Å². The van der Waals surface area contributed by atoms with Gasteiger partial charge in [0.2, 0.25) is 0 Å². The number of ether oxygens (including phenoxy) is 1. The fraction of sp³-hybridized carbons (Fsp3) is 0.0526. The molecule has 1 N–H and O–H groups in total. The first kappa shape index (κ1) is 19.5. The van der Waals surface area contributed by atoms with Crippen LogP contribution in [0.15, 0.2) is 68.6 Å². The van der Waals surface area contributed by atoms with Crippen LogP contribution in [0.1, 0.15) is 5.76 Å². The van der Waals surface area contributed by atoms with E-state index in [2.05, 4.69) is 26.5 Å². The van der Waals surface area contributed by atoms with Gasteiger partial charge in [0.1, 0.15) is 17.3 Å². The monoisotopic (exact) mass is 466 g/mol. The standard InChI is InChI=1S/C19H13BrCl2N2O3/c20-13-3-1-2-12(8-13)17-7-5-15(27-17)10-23-24-19(25)11-26-18-6-4-14(21)9-16(18)22/h1-10H,11H2,(H,24,25)/b23-10-. The summed E-state index contributed by atoms with van der Waals surface area (Å²) in [7, 11) is 0. The molecule has 0 bridgehead atoms. The summed E-state index contributed by atoms with van der Waals surface area (Å²) in [4.78, 5) is 11.8. The minimum atomic E-state index is -0.434. The first-order valence-corrected chi connectivity index (χ1v) is 9.32. The third-order valence-electron chi connectivity index (χ3n) is 3.37. The molecule has 0 aliphatic heterocycles. The van der Waals surface area contributed by atoms with Crippen LogP contribution >= 0.6 is 39.1 Å². The maximum Gasteiger partial charge on any atom is 0.277 e. The van der Waals surface area contributed by atoms with E-state index < -0.39 is 5.91 Å². The van der Waals surface area contributed by atoms with Crippen LogP contribution in [-0.2, 0) is 4.79 Å². The summed E-state index contributed by atoms with van der Waals surface area (Å²) in [5.41, 5.74) is 3.29. The molecule has 8 heteroatoms. The summed E-state index contributed by atoms with van der Waals surface area (Å²) < 4.78 is 12.0. The van der Waals surface area contributed by atoms with Crippen LogP contribution in [0.3, 0.4) is 0 Å². The molecule has 1 aromatic heterocycles. The molecule has 0 spiro atoms. The molecule has 0 radical (unpaired) electrons. The van der Waals surface area contributed by atoms with Gasteiger partial charge >= 0.3 is 0 Å². The van der Waals surface area contributed by atoms with E-state index in [0.717, 1.165) is 10.0 Å². The zero-order valence-corrected chi connectivity index (χ0v) is 16.9. The average molecular weight is 468 g/mol. The van der Waals surface area contributed by atoms with Gasteiger partial charge in [0.25, 0.3) is 5.91 Å². The van der Waals surface area contributed by atoms with Crippen molar-refractivity contribution in [2.24, 2.45) is 5.10 Å². The lowest BCUT2D eigenvalue weighted by Crippen LogP contribution is -2.24. The first-order valence-electron chi connectivity index (χ1n) is 7.77. The Kier molecular flexibility index (Phi) is 6.55. The number of carbonyl (C=O) groups is 1. The number of hydrogen-bond acceptors (Lipinski definition) is 4. The SMILES string of the molecule is O=C(COc1ccc(Cl)cc1Cl)N/N=C\c1ccc(-c2cccc(Br)c2)o1. The van der Waals surface area contributed by atoms with Gasteiger partial charge in [-0.3, -0.25) is 4.79 Å². The molecule has 0 fully saturated rings. The highest BCUT2D eigenvalue weighted by molar-refractivity contribution is 9.10. The Hall–Kier alpha value is -2.28. The van der Waals surface area contributed by atoms with Crippen LogP contribution in [0.4, 0.5) is 0 Å². The van der Waals surface area contributed by atoms with E-state index in [1.807, 2.05) is 30.3 Å². The second-order valence-electron chi connectivity index (χ2n) is 5.37. The molecule has 1 amide bonds. The van der Waals surface area contributed by atoms with Crippen molar-refractivity contribution in [2.75, 3.05) is 6.61 Å². The fourth-order valence-corrected chi connectivity index (χ4v) is 3.02. The fourth-order valence-electron chi connectivity index (χ4n) is 2.15. The highest BCUT2D eigenvalue weighted by atomic mass is 79.9. The molecular weight excluding hydrogens is 455 g/mol. The molecule has 0 unspecified atom stereocenters. The van der Waals surface area contributed by atoms with E-state index in [4.69, 9.17) is 32.4 Å². The number of rotatable bonds is 6. The Bertz CT molecular complexity index is 989. The maximum atomic E-state index is 11.8. The summed E-state index contributed by atoms with van der Waals surface area (Å²) in [6, 6.07) is 16.1. The lowest BCUT2D eigenvalue weighted by atomic mass is 10.2. The number of furan rings is 1. The van der Waals surface area contributed by atoms with Gasteiger partial charge in [0.05, 0.1) is 11.2 Å². The molecule has 0 saturated carbocycles. The van der Waals surface area contributed by atoms with E-state index in [1.54, 1.807) is 18.2 Å². The van der Waals surface area contributed by atoms with Crippen LogP contribution in [0.25, 0.3) is 11.3 Å². The minimum absolute atomic E-state index is 0.236. The second-order valence-corrected chi connectivity index (χ2v) is 7.13. The van der Waals surface area contributed by atoms with Crippen molar-refractivity contribution in [3.8, 4) is 17.1 Å². The molecule has 5 nitrogen and oxygen atoms in total. The van der Waals surface area contributed by atoms with Crippen LogP contribution in [0, 0.1) is 0 Å². The van der Waals surface area contributed by atoms with Gasteiger partial charge in [-0.25, -0.2) is 5.43 Å². The van der Waals surface area contributed by atoms with Crippen molar-refractivity contribution in [2.45, 2.75) is 0 Å². The van der Waals surface area contributed by atoms with E-state index in [1.165, 1.54) is 12.3 Å². The average Bonchev–Trinajstić information content (AvgIpc) is 3.10. The van der Waals surface area contributed by atoms with Crippen LogP contribution in [-0.4, -0.2) is 18.7 Å². The highest BCUT2D eigenvalue weighted by Gasteiger charge is 2.07. The van der Waals surface area contributed by atoms with E-state index in [9.17, 15) is 4.79 Å². The lowest BCUT2D eigenvalue weighted by Gasteiger charge is -2.06. The third-order valence-corrected chi connectivity index (χ3v) is 4.39. The number of nitrogens with one attached hydrogen (secondary N) is 1. The predicted octanol–water partition coefficient (Wildman–Crippen LogP) is 5.55. The molecule has 27 heavy (non-hydrogen) atoms. The Morgan fingerprint density at radius 3 is 2.81 bits per heavy atom. The van der Waals surface area contributed by atoms with Crippen molar-refractivity contribution < 1.29 is 13.9 Å². The molecule has 0 atom stereocenters. The molecule has 2 aromatic carbocycles. The minimum Gasteiger partial charge on any atom is -0.482 e. The smallest absolute Gasteiger partial charge is 0.277 e. The van der Waals surface area contributed by atoms with Gasteiger partial charge in [-0.15, -0.1) is 0 Å². The number of nitrogens with zero attached hydrogens (tertiary/aromatic N) is 1. The Morgan fingerprint density at radius 1 is 1.19 bits per heavy atom. The Balaban J connectivity index is 1.52. The summed E-state index contributed by atoms with van der Waals surface area (Å²) in [6.45, 7) is -0.236. The van der Waals surface area contributed by atoms with Gasteiger partial charge in [-0.05, 0) is 42.5 Å². The van der Waals surface area contributed by atoms with Gasteiger partial charge in [0.15, 0.2) is 6.61 Å². The van der Waals surface area contributed by atoms with Crippen molar-refractivity contribution in [1.82, 2.24) is 5.43 Å². The molecular formula is C19H13BrCl2N2O3. The lowest BCUT2D eigenvalue weighted by molar-refractivity contribution is -0.123. The van der Waals surface area contributed by atoms with Gasteiger partial charge < -0.3 is 9.15 Å². The van der Waals surface area contributed by atoms with Crippen molar-refractivity contribution in [3.05, 3.63) is 74.9 Å². The van der Waals surface area contributed by atoms with Crippen molar-refractivity contribution in [1.29, 1.82) is 0 Å². The topological polar surface area (TPSA) is 63.8 Å². The van der Waals surface area contributed by atoms with Crippen molar-refractivity contribution in [3.63, 3.8) is 0 Å². The molecule has 1 heterocycles. The zero-order chi connectivity index (χ0) is 19.2. The number of benzene rings is 2. The van der Waals surface area contributed by atoms with Crippen LogP contribution in [0.5, 0.6) is 5.75 Å². The maximum absolute atomic E-state index is 11.8. The normalized spacial score (nSPS) is 10.9. The largest absolute Gasteiger partial charge is 0.482 e. The van der Waals surface area contributed by atoms with Gasteiger partial charge in [-0.2, -0.15) is 5.10 Å². The molecule has 3 aromatic rings. The first-order chi connectivity index (χ1) is 13.0. The quantitative estimate of drug-likeness (QED) is 0.382. The van der Waals surface area contributed by atoms with E-state index in [0.29, 0.717) is 27.3 Å². The molecule has 0 aliphatic carbocycles.